The summed E-state index contributed by atoms with van der Waals surface area (Å²) in [5.74, 6) is 1.12. The van der Waals surface area contributed by atoms with Crippen LogP contribution in [-0.2, 0) is 4.79 Å². The first-order valence-electron chi connectivity index (χ1n) is 11.0. The SMILES string of the molecule is CC(Oc1ccc(F)cc1)c1nnc(SCC(=O)NC2CCCCC2)n1-c1ccccc1. The summed E-state index contributed by atoms with van der Waals surface area (Å²) in [7, 11) is 0. The molecule has 0 bridgehead atoms. The number of nitrogens with one attached hydrogen (secondary N) is 1. The number of amides is 1. The molecule has 1 N–H and O–H groups in total. The van der Waals surface area contributed by atoms with Gasteiger partial charge in [0.1, 0.15) is 11.6 Å². The van der Waals surface area contributed by atoms with Gasteiger partial charge in [-0.1, -0.05) is 49.2 Å². The molecule has 0 saturated heterocycles. The third-order valence-electron chi connectivity index (χ3n) is 5.47. The number of hydrogen-bond acceptors (Lipinski definition) is 5. The molecule has 8 heteroatoms. The number of carbonyl (C=O) groups is 1. The molecule has 168 valence electrons. The molecule has 1 atom stereocenters. The maximum atomic E-state index is 13.2. The van der Waals surface area contributed by atoms with Gasteiger partial charge in [0.15, 0.2) is 17.1 Å². The van der Waals surface area contributed by atoms with E-state index < -0.39 is 6.10 Å². The van der Waals surface area contributed by atoms with E-state index in [1.807, 2.05) is 41.8 Å². The predicted molar refractivity (Wildman–Crippen MR) is 123 cm³/mol. The van der Waals surface area contributed by atoms with Crippen molar-refractivity contribution in [3.8, 4) is 11.4 Å². The Morgan fingerprint density at radius 3 is 2.56 bits per heavy atom. The molecule has 3 aromatic rings. The molecule has 1 saturated carbocycles. The van der Waals surface area contributed by atoms with Crippen molar-refractivity contribution in [2.45, 2.75) is 56.3 Å². The molecule has 6 nitrogen and oxygen atoms in total. The maximum Gasteiger partial charge on any atom is 0.230 e. The van der Waals surface area contributed by atoms with Gasteiger partial charge in [-0.15, -0.1) is 10.2 Å². The molecule has 0 aliphatic heterocycles. The van der Waals surface area contributed by atoms with Gasteiger partial charge in [-0.3, -0.25) is 9.36 Å². The first kappa shape index (κ1) is 22.3. The summed E-state index contributed by atoms with van der Waals surface area (Å²) >= 11 is 1.36. The van der Waals surface area contributed by atoms with E-state index in [2.05, 4.69) is 15.5 Å². The van der Waals surface area contributed by atoms with Gasteiger partial charge < -0.3 is 10.1 Å². The monoisotopic (exact) mass is 454 g/mol. The third-order valence-corrected chi connectivity index (χ3v) is 6.39. The normalized spacial score (nSPS) is 15.3. The van der Waals surface area contributed by atoms with Crippen LogP contribution in [0.4, 0.5) is 4.39 Å². The molecule has 1 aliphatic carbocycles. The fourth-order valence-corrected chi connectivity index (χ4v) is 4.64. The Labute approximate surface area is 191 Å². The fraction of sp³-hybridized carbons (Fsp3) is 0.375. The number of aromatic nitrogens is 3. The minimum atomic E-state index is -0.432. The van der Waals surface area contributed by atoms with E-state index in [1.165, 1.54) is 43.2 Å². The van der Waals surface area contributed by atoms with E-state index in [4.69, 9.17) is 4.74 Å². The predicted octanol–water partition coefficient (Wildman–Crippen LogP) is 5.09. The number of carbonyl (C=O) groups excluding carboxylic acids is 1. The maximum absolute atomic E-state index is 13.2. The van der Waals surface area contributed by atoms with Crippen molar-refractivity contribution in [1.82, 2.24) is 20.1 Å². The van der Waals surface area contributed by atoms with Crippen molar-refractivity contribution in [2.24, 2.45) is 0 Å². The summed E-state index contributed by atoms with van der Waals surface area (Å²) in [5.41, 5.74) is 0.886. The van der Waals surface area contributed by atoms with Gasteiger partial charge in [-0.05, 0) is 56.2 Å². The molecule has 32 heavy (non-hydrogen) atoms. The number of rotatable bonds is 8. The molecule has 2 aromatic carbocycles. The van der Waals surface area contributed by atoms with Crippen LogP contribution in [0.5, 0.6) is 5.75 Å². The summed E-state index contributed by atoms with van der Waals surface area (Å²) in [6.45, 7) is 1.87. The Balaban J connectivity index is 1.50. The number of hydrogen-bond donors (Lipinski definition) is 1. The summed E-state index contributed by atoms with van der Waals surface area (Å²) in [4.78, 5) is 12.5. The minimum absolute atomic E-state index is 0.0154. The molecule has 0 radical (unpaired) electrons. The largest absolute Gasteiger partial charge is 0.483 e. The fourth-order valence-electron chi connectivity index (χ4n) is 3.87. The van der Waals surface area contributed by atoms with Crippen LogP contribution in [0.2, 0.25) is 0 Å². The standard InChI is InChI=1S/C24H27FN4O2S/c1-17(31-21-14-12-18(25)13-15-21)23-27-28-24(29(23)20-10-6-3-7-11-20)32-16-22(30)26-19-8-4-2-5-9-19/h3,6-7,10-15,17,19H,2,4-5,8-9,16H2,1H3,(H,26,30). The van der Waals surface area contributed by atoms with Crippen LogP contribution < -0.4 is 10.1 Å². The zero-order valence-corrected chi connectivity index (χ0v) is 18.9. The molecule has 1 heterocycles. The zero-order valence-electron chi connectivity index (χ0n) is 18.0. The average molecular weight is 455 g/mol. The van der Waals surface area contributed by atoms with Crippen LogP contribution in [0.25, 0.3) is 5.69 Å². The quantitative estimate of drug-likeness (QED) is 0.480. The topological polar surface area (TPSA) is 69.0 Å². The highest BCUT2D eigenvalue weighted by Crippen LogP contribution is 2.28. The number of halogens is 1. The Morgan fingerprint density at radius 2 is 1.84 bits per heavy atom. The molecule has 1 amide bonds. The Kier molecular flexibility index (Phi) is 7.42. The lowest BCUT2D eigenvalue weighted by atomic mass is 9.95. The van der Waals surface area contributed by atoms with Crippen LogP contribution in [0.15, 0.2) is 59.8 Å². The molecule has 1 aromatic heterocycles. The zero-order chi connectivity index (χ0) is 22.3. The molecular formula is C24H27FN4O2S. The first-order valence-corrected chi connectivity index (χ1v) is 11.9. The number of ether oxygens (including phenoxy) is 1. The van der Waals surface area contributed by atoms with Crippen molar-refractivity contribution in [3.63, 3.8) is 0 Å². The highest BCUT2D eigenvalue weighted by Gasteiger charge is 2.22. The lowest BCUT2D eigenvalue weighted by Crippen LogP contribution is -2.37. The van der Waals surface area contributed by atoms with Crippen molar-refractivity contribution in [2.75, 3.05) is 5.75 Å². The second-order valence-corrected chi connectivity index (χ2v) is 8.86. The molecule has 1 fully saturated rings. The Bertz CT molecular complexity index is 1020. The highest BCUT2D eigenvalue weighted by atomic mass is 32.2. The van der Waals surface area contributed by atoms with Gasteiger partial charge in [-0.2, -0.15) is 0 Å². The number of benzene rings is 2. The van der Waals surface area contributed by atoms with Gasteiger partial charge in [0.05, 0.1) is 5.75 Å². The van der Waals surface area contributed by atoms with Crippen molar-refractivity contribution >= 4 is 17.7 Å². The van der Waals surface area contributed by atoms with Crippen LogP contribution in [0.3, 0.4) is 0 Å². The third kappa shape index (κ3) is 5.68. The Hall–Kier alpha value is -2.87. The minimum Gasteiger partial charge on any atom is -0.483 e. The second-order valence-electron chi connectivity index (χ2n) is 7.92. The Morgan fingerprint density at radius 1 is 1.12 bits per heavy atom. The van der Waals surface area contributed by atoms with Crippen LogP contribution in [0, 0.1) is 5.82 Å². The number of thioether (sulfide) groups is 1. The smallest absolute Gasteiger partial charge is 0.230 e. The molecule has 0 spiro atoms. The second kappa shape index (κ2) is 10.6. The van der Waals surface area contributed by atoms with E-state index in [0.717, 1.165) is 18.5 Å². The van der Waals surface area contributed by atoms with Crippen LogP contribution >= 0.6 is 11.8 Å². The molecule has 1 aliphatic rings. The summed E-state index contributed by atoms with van der Waals surface area (Å²) in [5, 5.41) is 12.5. The molecule has 1 unspecified atom stereocenters. The number of para-hydroxylation sites is 1. The van der Waals surface area contributed by atoms with E-state index in [1.54, 1.807) is 12.1 Å². The lowest BCUT2D eigenvalue weighted by molar-refractivity contribution is -0.119. The van der Waals surface area contributed by atoms with Crippen molar-refractivity contribution in [3.05, 3.63) is 66.2 Å². The van der Waals surface area contributed by atoms with Crippen LogP contribution in [-0.4, -0.2) is 32.5 Å². The van der Waals surface area contributed by atoms with Gasteiger partial charge in [-0.25, -0.2) is 4.39 Å². The number of nitrogens with zero attached hydrogens (tertiary/aromatic N) is 3. The summed E-state index contributed by atoms with van der Waals surface area (Å²) in [6, 6.07) is 15.9. The lowest BCUT2D eigenvalue weighted by Gasteiger charge is -2.22. The van der Waals surface area contributed by atoms with E-state index >= 15 is 0 Å². The van der Waals surface area contributed by atoms with Gasteiger partial charge in [0, 0.05) is 11.7 Å². The van der Waals surface area contributed by atoms with E-state index in [-0.39, 0.29) is 23.5 Å². The van der Waals surface area contributed by atoms with Crippen LogP contribution in [0.1, 0.15) is 51.0 Å². The first-order chi connectivity index (χ1) is 15.6. The van der Waals surface area contributed by atoms with Crippen molar-refractivity contribution in [1.29, 1.82) is 0 Å². The van der Waals surface area contributed by atoms with Crippen molar-refractivity contribution < 1.29 is 13.9 Å². The van der Waals surface area contributed by atoms with Gasteiger partial charge in [0.2, 0.25) is 5.91 Å². The molecule has 4 rings (SSSR count). The summed E-state index contributed by atoms with van der Waals surface area (Å²) < 4.78 is 21.1. The van der Waals surface area contributed by atoms with E-state index in [0.29, 0.717) is 16.7 Å². The van der Waals surface area contributed by atoms with Gasteiger partial charge in [0.25, 0.3) is 0 Å². The van der Waals surface area contributed by atoms with E-state index in [9.17, 15) is 9.18 Å². The molecular weight excluding hydrogens is 427 g/mol. The summed E-state index contributed by atoms with van der Waals surface area (Å²) in [6.07, 6.45) is 5.28. The van der Waals surface area contributed by atoms with Gasteiger partial charge >= 0.3 is 0 Å². The average Bonchev–Trinajstić information content (AvgIpc) is 3.25. The highest BCUT2D eigenvalue weighted by molar-refractivity contribution is 7.99.